The van der Waals surface area contributed by atoms with Gasteiger partial charge in [-0.3, -0.25) is 9.59 Å². The van der Waals surface area contributed by atoms with Crippen molar-refractivity contribution in [2.45, 2.75) is 77.0 Å². The van der Waals surface area contributed by atoms with Crippen LogP contribution in [0.1, 0.15) is 63.0 Å². The number of amides is 2. The molecule has 0 spiro atoms. The maximum atomic E-state index is 13.1. The number of nitrogens with two attached hydrogens (primary N) is 1. The van der Waals surface area contributed by atoms with Crippen molar-refractivity contribution in [1.29, 1.82) is 0 Å². The highest BCUT2D eigenvalue weighted by Crippen LogP contribution is 2.31. The molecule has 35 heavy (non-hydrogen) atoms. The van der Waals surface area contributed by atoms with E-state index in [4.69, 9.17) is 22.1 Å². The fraction of sp³-hybridized carbons (Fsp3) is 0.630. The van der Waals surface area contributed by atoms with E-state index in [0.29, 0.717) is 19.0 Å². The van der Waals surface area contributed by atoms with Gasteiger partial charge >= 0.3 is 0 Å². The number of carbonyl (C=O) groups is 2. The summed E-state index contributed by atoms with van der Waals surface area (Å²) in [4.78, 5) is 29.8. The number of hydrogen-bond donors (Lipinski definition) is 2. The van der Waals surface area contributed by atoms with Crippen molar-refractivity contribution in [2.75, 3.05) is 32.7 Å². The number of nitrogens with zero attached hydrogens (tertiary/aromatic N) is 2. The van der Waals surface area contributed by atoms with Gasteiger partial charge in [0.2, 0.25) is 11.8 Å². The van der Waals surface area contributed by atoms with E-state index < -0.39 is 6.04 Å². The second-order valence-corrected chi connectivity index (χ2v) is 10.8. The van der Waals surface area contributed by atoms with Gasteiger partial charge in [0.05, 0.1) is 18.8 Å². The van der Waals surface area contributed by atoms with Crippen LogP contribution in [0, 0.1) is 6.92 Å². The van der Waals surface area contributed by atoms with Gasteiger partial charge in [0, 0.05) is 36.9 Å². The molecule has 2 amide bonds. The molecule has 192 valence electrons. The maximum Gasteiger partial charge on any atom is 0.243 e. The molecule has 7 nitrogen and oxygen atoms in total. The van der Waals surface area contributed by atoms with Gasteiger partial charge < -0.3 is 25.6 Å². The number of allylic oxidation sites excluding steroid dienone is 1. The Hall–Kier alpha value is -2.09. The first kappa shape index (κ1) is 26.0. The smallest absolute Gasteiger partial charge is 0.243 e. The molecule has 0 bridgehead atoms. The Morgan fingerprint density at radius 3 is 2.49 bits per heavy atom. The zero-order valence-electron chi connectivity index (χ0n) is 21.2. The molecule has 1 aliphatic carbocycles. The maximum absolute atomic E-state index is 13.1. The topological polar surface area (TPSA) is 87.9 Å². The molecule has 4 rings (SSSR count). The summed E-state index contributed by atoms with van der Waals surface area (Å²) >= 11 is 6.17. The average molecular weight is 503 g/mol. The van der Waals surface area contributed by atoms with E-state index in [2.05, 4.69) is 17.4 Å². The predicted molar refractivity (Wildman–Crippen MR) is 138 cm³/mol. The number of benzene rings is 1. The Kier molecular flexibility index (Phi) is 8.40. The standard InChI is InChI=1S/C27H39ClN4O3/c1-17-13-21(7-8-23(17)28)20-9-11-31(12-10-20)25(33)14-30-24-6-4-5-22(24)26(29)27(34)32-15-18(2)35-19(3)16-32/h7-8,13,18-20,26,30H,4-6,9-12,14-16,29H2,1-3H3/t18-,19+,26?. The quantitative estimate of drug-likeness (QED) is 0.623. The number of rotatable bonds is 6. The van der Waals surface area contributed by atoms with Gasteiger partial charge in [0.15, 0.2) is 0 Å². The van der Waals surface area contributed by atoms with Crippen LogP contribution in [0.25, 0.3) is 0 Å². The molecule has 3 atom stereocenters. The van der Waals surface area contributed by atoms with E-state index in [1.807, 2.05) is 36.6 Å². The summed E-state index contributed by atoms with van der Waals surface area (Å²) in [5, 5.41) is 4.13. The highest BCUT2D eigenvalue weighted by molar-refractivity contribution is 6.31. The Morgan fingerprint density at radius 1 is 1.14 bits per heavy atom. The van der Waals surface area contributed by atoms with Crippen molar-refractivity contribution in [3.05, 3.63) is 45.6 Å². The first-order valence-corrected chi connectivity index (χ1v) is 13.3. The first-order chi connectivity index (χ1) is 16.7. The van der Waals surface area contributed by atoms with E-state index in [-0.39, 0.29) is 30.6 Å². The van der Waals surface area contributed by atoms with Gasteiger partial charge in [-0.05, 0) is 81.6 Å². The van der Waals surface area contributed by atoms with Crippen molar-refractivity contribution in [3.8, 4) is 0 Å². The third-order valence-corrected chi connectivity index (χ3v) is 8.01. The Bertz CT molecular complexity index is 963. The minimum absolute atomic E-state index is 0.00975. The van der Waals surface area contributed by atoms with Gasteiger partial charge in [0.25, 0.3) is 0 Å². The molecule has 3 N–H and O–H groups in total. The molecule has 2 aliphatic heterocycles. The zero-order chi connectivity index (χ0) is 25.1. The lowest BCUT2D eigenvalue weighted by Crippen LogP contribution is -2.53. The van der Waals surface area contributed by atoms with Crippen LogP contribution >= 0.6 is 11.6 Å². The van der Waals surface area contributed by atoms with Crippen LogP contribution < -0.4 is 11.1 Å². The summed E-state index contributed by atoms with van der Waals surface area (Å²) in [6.45, 7) is 8.88. The molecule has 0 radical (unpaired) electrons. The van der Waals surface area contributed by atoms with Crippen molar-refractivity contribution in [2.24, 2.45) is 5.73 Å². The predicted octanol–water partition coefficient (Wildman–Crippen LogP) is 3.35. The summed E-state index contributed by atoms with van der Waals surface area (Å²) in [7, 11) is 0. The van der Waals surface area contributed by atoms with Gasteiger partial charge in [-0.1, -0.05) is 23.7 Å². The molecule has 0 aromatic heterocycles. The lowest BCUT2D eigenvalue weighted by molar-refractivity contribution is -0.143. The molecule has 1 aromatic carbocycles. The third kappa shape index (κ3) is 6.19. The number of hydrogen-bond acceptors (Lipinski definition) is 5. The summed E-state index contributed by atoms with van der Waals surface area (Å²) < 4.78 is 5.75. The molecule has 0 saturated carbocycles. The van der Waals surface area contributed by atoms with Crippen molar-refractivity contribution in [3.63, 3.8) is 0 Å². The Labute approximate surface area is 214 Å². The molecular formula is C27H39ClN4O3. The SMILES string of the molecule is Cc1cc(C2CCN(C(=O)CNC3=C(C(N)C(=O)N4C[C@@H](C)O[C@@H](C)C4)CCC3)CC2)ccc1Cl. The molecule has 2 saturated heterocycles. The van der Waals surface area contributed by atoms with Crippen LogP contribution in [0.5, 0.6) is 0 Å². The average Bonchev–Trinajstić information content (AvgIpc) is 3.31. The van der Waals surface area contributed by atoms with Gasteiger partial charge in [-0.25, -0.2) is 0 Å². The van der Waals surface area contributed by atoms with E-state index in [1.54, 1.807) is 0 Å². The van der Waals surface area contributed by atoms with Crippen LogP contribution in [0.2, 0.25) is 5.02 Å². The summed E-state index contributed by atoms with van der Waals surface area (Å²) in [5.74, 6) is 0.515. The number of carbonyl (C=O) groups excluding carboxylic acids is 2. The lowest BCUT2D eigenvalue weighted by atomic mass is 9.88. The molecule has 8 heteroatoms. The molecule has 1 unspecified atom stereocenters. The van der Waals surface area contributed by atoms with Crippen LogP contribution in [0.15, 0.2) is 29.5 Å². The first-order valence-electron chi connectivity index (χ1n) is 12.9. The Morgan fingerprint density at radius 2 is 1.83 bits per heavy atom. The number of aryl methyl sites for hydroxylation is 1. The number of morpholine rings is 1. The molecule has 3 aliphatic rings. The monoisotopic (exact) mass is 502 g/mol. The van der Waals surface area contributed by atoms with Gasteiger partial charge in [0.1, 0.15) is 6.04 Å². The second kappa shape index (κ2) is 11.3. The third-order valence-electron chi connectivity index (χ3n) is 7.59. The number of halogens is 1. The van der Waals surface area contributed by atoms with Gasteiger partial charge in [-0.15, -0.1) is 0 Å². The fourth-order valence-corrected chi connectivity index (χ4v) is 5.81. The molecule has 2 fully saturated rings. The summed E-state index contributed by atoms with van der Waals surface area (Å²) in [5.41, 5.74) is 10.8. The van der Waals surface area contributed by atoms with Crippen LogP contribution in [-0.2, 0) is 14.3 Å². The highest BCUT2D eigenvalue weighted by Gasteiger charge is 2.33. The zero-order valence-corrected chi connectivity index (χ0v) is 21.9. The molecule has 2 heterocycles. The number of ether oxygens (including phenoxy) is 1. The number of nitrogens with one attached hydrogen (secondary N) is 1. The lowest BCUT2D eigenvalue weighted by Gasteiger charge is -2.37. The highest BCUT2D eigenvalue weighted by atomic mass is 35.5. The second-order valence-electron chi connectivity index (χ2n) is 10.4. The van der Waals surface area contributed by atoms with Gasteiger partial charge in [-0.2, -0.15) is 0 Å². The fourth-order valence-electron chi connectivity index (χ4n) is 5.69. The summed E-state index contributed by atoms with van der Waals surface area (Å²) in [6, 6.07) is 5.58. The van der Waals surface area contributed by atoms with Crippen molar-refractivity contribution >= 4 is 23.4 Å². The van der Waals surface area contributed by atoms with E-state index >= 15 is 0 Å². The van der Waals surface area contributed by atoms with Crippen LogP contribution in [0.4, 0.5) is 0 Å². The minimum atomic E-state index is -0.661. The molecule has 1 aromatic rings. The number of likely N-dealkylation sites (tertiary alicyclic amines) is 1. The largest absolute Gasteiger partial charge is 0.379 e. The Balaban J connectivity index is 1.30. The molecular weight excluding hydrogens is 464 g/mol. The van der Waals surface area contributed by atoms with Crippen LogP contribution in [0.3, 0.4) is 0 Å². The van der Waals surface area contributed by atoms with Crippen LogP contribution in [-0.4, -0.2) is 72.6 Å². The van der Waals surface area contributed by atoms with E-state index in [0.717, 1.165) is 67.0 Å². The minimum Gasteiger partial charge on any atom is -0.379 e. The van der Waals surface area contributed by atoms with E-state index in [9.17, 15) is 9.59 Å². The van der Waals surface area contributed by atoms with E-state index in [1.165, 1.54) is 5.56 Å². The normalized spacial score (nSPS) is 24.6. The van der Waals surface area contributed by atoms with Crippen molar-refractivity contribution < 1.29 is 14.3 Å². The summed E-state index contributed by atoms with van der Waals surface area (Å²) in [6.07, 6.45) is 4.51. The van der Waals surface area contributed by atoms with Crippen molar-refractivity contribution in [1.82, 2.24) is 15.1 Å². The number of piperidine rings is 1.